The number of rotatable bonds is 5. The molecule has 0 aromatic heterocycles. The van der Waals surface area contributed by atoms with Gasteiger partial charge in [-0.15, -0.1) is 0 Å². The van der Waals surface area contributed by atoms with E-state index in [1.807, 2.05) is 0 Å². The standard InChI is InChI=1S/C12H22N2O5/c1-12(2,3)19-11(17)14-7-4-8(5-7)18-6-9(13)10(15)16/h7-9H,4-6,13H2,1-3H3,(H,14,17)(H,15,16)/t7?,8?,9-/m0/s1. The highest BCUT2D eigenvalue weighted by atomic mass is 16.6. The second-order valence-electron chi connectivity index (χ2n) is 5.71. The largest absolute Gasteiger partial charge is 0.480 e. The lowest BCUT2D eigenvalue weighted by molar-refractivity contribution is -0.141. The molecule has 4 N–H and O–H groups in total. The molecule has 0 heterocycles. The van der Waals surface area contributed by atoms with Crippen molar-refractivity contribution in [1.29, 1.82) is 0 Å². The fourth-order valence-electron chi connectivity index (χ4n) is 1.60. The molecular weight excluding hydrogens is 252 g/mol. The van der Waals surface area contributed by atoms with Crippen molar-refractivity contribution in [3.05, 3.63) is 0 Å². The highest BCUT2D eigenvalue weighted by Crippen LogP contribution is 2.23. The minimum atomic E-state index is -1.08. The summed E-state index contributed by atoms with van der Waals surface area (Å²) in [5.74, 6) is -1.08. The average Bonchev–Trinajstić information content (AvgIpc) is 2.17. The van der Waals surface area contributed by atoms with Gasteiger partial charge in [-0.25, -0.2) is 4.79 Å². The van der Waals surface area contributed by atoms with Gasteiger partial charge in [-0.2, -0.15) is 0 Å². The lowest BCUT2D eigenvalue weighted by Crippen LogP contribution is -2.50. The monoisotopic (exact) mass is 274 g/mol. The summed E-state index contributed by atoms with van der Waals surface area (Å²) in [7, 11) is 0. The summed E-state index contributed by atoms with van der Waals surface area (Å²) in [6, 6.07) is -0.987. The minimum Gasteiger partial charge on any atom is -0.480 e. The molecule has 110 valence electrons. The number of ether oxygens (including phenoxy) is 2. The number of nitrogens with one attached hydrogen (secondary N) is 1. The predicted molar refractivity (Wildman–Crippen MR) is 67.7 cm³/mol. The molecule has 1 aliphatic rings. The van der Waals surface area contributed by atoms with Crippen LogP contribution in [0.15, 0.2) is 0 Å². The van der Waals surface area contributed by atoms with Crippen LogP contribution in [0.25, 0.3) is 0 Å². The van der Waals surface area contributed by atoms with Crippen molar-refractivity contribution in [2.45, 2.75) is 57.4 Å². The van der Waals surface area contributed by atoms with E-state index in [4.69, 9.17) is 20.3 Å². The molecule has 0 radical (unpaired) electrons. The third-order valence-corrected chi connectivity index (χ3v) is 2.64. The molecule has 1 saturated carbocycles. The number of hydrogen-bond donors (Lipinski definition) is 3. The molecule has 0 aliphatic heterocycles. The number of aliphatic carboxylic acids is 1. The number of carboxylic acid groups (broad SMARTS) is 1. The maximum Gasteiger partial charge on any atom is 0.407 e. The van der Waals surface area contributed by atoms with Gasteiger partial charge < -0.3 is 25.6 Å². The molecule has 1 atom stereocenters. The summed E-state index contributed by atoms with van der Waals surface area (Å²) in [5, 5.41) is 11.3. The fraction of sp³-hybridized carbons (Fsp3) is 0.833. The molecule has 0 aromatic rings. The Morgan fingerprint density at radius 2 is 2.00 bits per heavy atom. The third kappa shape index (κ3) is 5.89. The summed E-state index contributed by atoms with van der Waals surface area (Å²) in [6.07, 6.45) is 0.792. The van der Waals surface area contributed by atoms with Crippen molar-refractivity contribution in [2.75, 3.05) is 6.61 Å². The zero-order valence-corrected chi connectivity index (χ0v) is 11.5. The first-order valence-corrected chi connectivity index (χ1v) is 6.27. The molecule has 1 fully saturated rings. The van der Waals surface area contributed by atoms with E-state index < -0.39 is 23.7 Å². The number of carbonyl (C=O) groups excluding carboxylic acids is 1. The Kier molecular flexibility index (Phi) is 5.13. The second kappa shape index (κ2) is 6.21. The Morgan fingerprint density at radius 3 is 2.47 bits per heavy atom. The van der Waals surface area contributed by atoms with Crippen molar-refractivity contribution >= 4 is 12.1 Å². The number of carboxylic acids is 1. The number of nitrogens with two attached hydrogens (primary N) is 1. The van der Waals surface area contributed by atoms with Crippen LogP contribution in [0.1, 0.15) is 33.6 Å². The average molecular weight is 274 g/mol. The molecule has 0 saturated heterocycles. The van der Waals surface area contributed by atoms with Gasteiger partial charge >= 0.3 is 12.1 Å². The molecule has 1 aliphatic carbocycles. The van der Waals surface area contributed by atoms with Gasteiger partial charge in [0.05, 0.1) is 12.7 Å². The smallest absolute Gasteiger partial charge is 0.407 e. The first kappa shape index (κ1) is 15.7. The second-order valence-corrected chi connectivity index (χ2v) is 5.71. The van der Waals surface area contributed by atoms with Crippen molar-refractivity contribution < 1.29 is 24.2 Å². The molecule has 0 bridgehead atoms. The Labute approximate surface area is 112 Å². The summed E-state index contributed by atoms with van der Waals surface area (Å²) in [4.78, 5) is 21.9. The highest BCUT2D eigenvalue weighted by Gasteiger charge is 2.33. The molecule has 1 amide bonds. The molecule has 1 rings (SSSR count). The fourth-order valence-corrected chi connectivity index (χ4v) is 1.60. The van der Waals surface area contributed by atoms with Crippen molar-refractivity contribution in [3.8, 4) is 0 Å². The topological polar surface area (TPSA) is 111 Å². The minimum absolute atomic E-state index is 0.0147. The quantitative estimate of drug-likeness (QED) is 0.672. The predicted octanol–water partition coefficient (Wildman–Crippen LogP) is 0.471. The van der Waals surface area contributed by atoms with Crippen LogP contribution in [0, 0.1) is 0 Å². The Bertz CT molecular complexity index is 334. The molecule has 7 nitrogen and oxygen atoms in total. The van der Waals surface area contributed by atoms with Crippen LogP contribution in [-0.2, 0) is 14.3 Å². The van der Waals surface area contributed by atoms with Gasteiger partial charge in [-0.05, 0) is 33.6 Å². The summed E-state index contributed by atoms with van der Waals surface area (Å²) >= 11 is 0. The van der Waals surface area contributed by atoms with Crippen LogP contribution in [-0.4, -0.2) is 47.6 Å². The zero-order chi connectivity index (χ0) is 14.6. The van der Waals surface area contributed by atoms with E-state index in [2.05, 4.69) is 5.32 Å². The maximum absolute atomic E-state index is 11.5. The van der Waals surface area contributed by atoms with Crippen LogP contribution >= 0.6 is 0 Å². The van der Waals surface area contributed by atoms with Crippen LogP contribution in [0.4, 0.5) is 4.79 Å². The van der Waals surface area contributed by atoms with E-state index >= 15 is 0 Å². The molecule has 0 spiro atoms. The lowest BCUT2D eigenvalue weighted by atomic mass is 9.89. The van der Waals surface area contributed by atoms with E-state index in [1.165, 1.54) is 0 Å². The van der Waals surface area contributed by atoms with Gasteiger partial charge in [0.25, 0.3) is 0 Å². The van der Waals surface area contributed by atoms with E-state index in [0.29, 0.717) is 12.8 Å². The number of hydrogen-bond acceptors (Lipinski definition) is 5. The zero-order valence-electron chi connectivity index (χ0n) is 11.5. The van der Waals surface area contributed by atoms with Gasteiger partial charge in [0, 0.05) is 6.04 Å². The molecule has 19 heavy (non-hydrogen) atoms. The SMILES string of the molecule is CC(C)(C)OC(=O)NC1CC(OC[C@H](N)C(=O)O)C1. The van der Waals surface area contributed by atoms with Crippen LogP contribution in [0.3, 0.4) is 0 Å². The normalized spacial score (nSPS) is 24.2. The van der Waals surface area contributed by atoms with Crippen molar-refractivity contribution in [3.63, 3.8) is 0 Å². The van der Waals surface area contributed by atoms with E-state index in [0.717, 1.165) is 0 Å². The van der Waals surface area contributed by atoms with Crippen LogP contribution in [0.5, 0.6) is 0 Å². The first-order chi connectivity index (χ1) is 8.67. The van der Waals surface area contributed by atoms with Gasteiger partial charge in [-0.3, -0.25) is 4.79 Å². The number of alkyl carbamates (subject to hydrolysis) is 1. The summed E-state index contributed by atoms with van der Waals surface area (Å²) < 4.78 is 10.4. The first-order valence-electron chi connectivity index (χ1n) is 6.27. The van der Waals surface area contributed by atoms with Gasteiger partial charge in [0.15, 0.2) is 0 Å². The Balaban J connectivity index is 2.13. The van der Waals surface area contributed by atoms with Gasteiger partial charge in [0.2, 0.25) is 0 Å². The van der Waals surface area contributed by atoms with E-state index in [-0.39, 0.29) is 18.8 Å². The van der Waals surface area contributed by atoms with Crippen LogP contribution < -0.4 is 11.1 Å². The van der Waals surface area contributed by atoms with Gasteiger partial charge in [0.1, 0.15) is 11.6 Å². The van der Waals surface area contributed by atoms with E-state index in [9.17, 15) is 9.59 Å². The van der Waals surface area contributed by atoms with Crippen LogP contribution in [0.2, 0.25) is 0 Å². The maximum atomic E-state index is 11.5. The molecule has 0 aromatic carbocycles. The van der Waals surface area contributed by atoms with Gasteiger partial charge in [-0.1, -0.05) is 0 Å². The highest BCUT2D eigenvalue weighted by molar-refractivity contribution is 5.73. The Hall–Kier alpha value is -1.34. The molecule has 7 heteroatoms. The van der Waals surface area contributed by atoms with Crippen molar-refractivity contribution in [2.24, 2.45) is 5.73 Å². The summed E-state index contributed by atoms with van der Waals surface area (Å²) in [5.41, 5.74) is 4.80. The Morgan fingerprint density at radius 1 is 1.42 bits per heavy atom. The number of carbonyl (C=O) groups is 2. The summed E-state index contributed by atoms with van der Waals surface area (Å²) in [6.45, 7) is 5.38. The molecular formula is C12H22N2O5. The van der Waals surface area contributed by atoms with Crippen molar-refractivity contribution in [1.82, 2.24) is 5.32 Å². The lowest BCUT2D eigenvalue weighted by Gasteiger charge is -2.36. The number of amides is 1. The third-order valence-electron chi connectivity index (χ3n) is 2.64. The van der Waals surface area contributed by atoms with E-state index in [1.54, 1.807) is 20.8 Å². The molecule has 0 unspecified atom stereocenters.